The zero-order valence-electron chi connectivity index (χ0n) is 14.0. The molecule has 0 aliphatic carbocycles. The summed E-state index contributed by atoms with van der Waals surface area (Å²) >= 11 is 5.94. The highest BCUT2D eigenvalue weighted by molar-refractivity contribution is 7.39. The first-order valence-corrected chi connectivity index (χ1v) is 9.85. The maximum atomic E-state index is 12.0. The van der Waals surface area contributed by atoms with Crippen LogP contribution in [0.1, 0.15) is 38.7 Å². The molecule has 0 saturated heterocycles. The summed E-state index contributed by atoms with van der Waals surface area (Å²) in [4.78, 5) is 0. The number of benzene rings is 1. The lowest BCUT2D eigenvalue weighted by Gasteiger charge is -2.35. The van der Waals surface area contributed by atoms with E-state index >= 15 is 0 Å². The van der Waals surface area contributed by atoms with Crippen molar-refractivity contribution in [1.82, 2.24) is 0 Å². The highest BCUT2D eigenvalue weighted by Crippen LogP contribution is 2.38. The lowest BCUT2D eigenvalue weighted by atomic mass is 9.94. The number of hydrogen-bond donors (Lipinski definition) is 1. The molecule has 23 heavy (non-hydrogen) atoms. The van der Waals surface area contributed by atoms with Gasteiger partial charge in [-0.15, -0.1) is 0 Å². The summed E-state index contributed by atoms with van der Waals surface area (Å²) in [6.45, 7) is 6.66. The number of hydrogen-bond acceptors (Lipinski definition) is 5. The first-order chi connectivity index (χ1) is 11.0. The molecule has 0 heterocycles. The topological polar surface area (TPSA) is 70.8 Å². The van der Waals surface area contributed by atoms with E-state index in [4.69, 9.17) is 31.3 Å². The van der Waals surface area contributed by atoms with Crippen LogP contribution in [0, 0.1) is 0 Å². The molecule has 2 unspecified atom stereocenters. The van der Waals surface area contributed by atoms with Gasteiger partial charge in [0, 0.05) is 36.7 Å². The van der Waals surface area contributed by atoms with E-state index in [0.29, 0.717) is 37.4 Å². The lowest BCUT2D eigenvalue weighted by molar-refractivity contribution is -0.343. The summed E-state index contributed by atoms with van der Waals surface area (Å²) in [5, 5.41) is 0.665. The van der Waals surface area contributed by atoms with E-state index in [1.54, 1.807) is 0 Å². The van der Waals surface area contributed by atoms with E-state index in [1.165, 1.54) is 0 Å². The molecule has 0 saturated carbocycles. The van der Waals surface area contributed by atoms with Gasteiger partial charge in [0.15, 0.2) is 8.03 Å². The fourth-order valence-electron chi connectivity index (χ4n) is 2.32. The summed E-state index contributed by atoms with van der Waals surface area (Å²) in [5.41, 5.74) is 6.95. The van der Waals surface area contributed by atoms with Gasteiger partial charge in [-0.3, -0.25) is 9.09 Å². The van der Waals surface area contributed by atoms with Gasteiger partial charge in [0.05, 0.1) is 0 Å². The maximum absolute atomic E-state index is 12.0. The van der Waals surface area contributed by atoms with Crippen LogP contribution in [-0.4, -0.2) is 31.9 Å². The van der Waals surface area contributed by atoms with Crippen LogP contribution in [0.3, 0.4) is 0 Å². The largest absolute Gasteiger partial charge is 0.330 e. The molecule has 1 aromatic carbocycles. The second-order valence-corrected chi connectivity index (χ2v) is 7.16. The Morgan fingerprint density at radius 2 is 1.74 bits per heavy atom. The van der Waals surface area contributed by atoms with Crippen LogP contribution in [0.4, 0.5) is 0 Å². The average molecular weight is 364 g/mol. The van der Waals surface area contributed by atoms with E-state index in [-0.39, 0.29) is 5.92 Å². The smallest absolute Gasteiger partial charge is 0.288 e. The first kappa shape index (κ1) is 20.6. The normalized spacial score (nSPS) is 14.7. The summed E-state index contributed by atoms with van der Waals surface area (Å²) in [6.07, 6.45) is 0.796. The number of halogens is 1. The Morgan fingerprint density at radius 3 is 2.17 bits per heavy atom. The van der Waals surface area contributed by atoms with Crippen LogP contribution >= 0.6 is 19.6 Å². The maximum Gasteiger partial charge on any atom is 0.288 e. The third-order valence-electron chi connectivity index (χ3n) is 3.41. The predicted molar refractivity (Wildman–Crippen MR) is 94.5 cm³/mol. The molecule has 1 aromatic rings. The fourth-order valence-corrected chi connectivity index (χ4v) is 3.14. The monoisotopic (exact) mass is 363 g/mol. The van der Waals surface area contributed by atoms with Crippen molar-refractivity contribution in [1.29, 1.82) is 0 Å². The lowest BCUT2D eigenvalue weighted by Crippen LogP contribution is -2.40. The van der Waals surface area contributed by atoms with Crippen LogP contribution in [0.5, 0.6) is 0 Å². The summed E-state index contributed by atoms with van der Waals surface area (Å²) < 4.78 is 29.1. The molecular weight excluding hydrogens is 337 g/mol. The molecular formula is C16H27ClNO4P. The Balaban J connectivity index is 3.03. The molecule has 0 spiro atoms. The minimum absolute atomic E-state index is 0.0583. The van der Waals surface area contributed by atoms with Crippen molar-refractivity contribution in [3.63, 3.8) is 0 Å². The van der Waals surface area contributed by atoms with Gasteiger partial charge < -0.3 is 15.2 Å². The molecule has 0 amide bonds. The molecule has 2 atom stereocenters. The van der Waals surface area contributed by atoms with E-state index < -0.39 is 14.0 Å². The van der Waals surface area contributed by atoms with Gasteiger partial charge in [0.2, 0.25) is 0 Å². The van der Waals surface area contributed by atoms with Gasteiger partial charge in [0.1, 0.15) is 0 Å². The Morgan fingerprint density at radius 1 is 1.17 bits per heavy atom. The van der Waals surface area contributed by atoms with Gasteiger partial charge in [0.25, 0.3) is 5.97 Å². The minimum atomic E-state index is -2.23. The van der Waals surface area contributed by atoms with Crippen LogP contribution in [0.25, 0.3) is 0 Å². The summed E-state index contributed by atoms with van der Waals surface area (Å²) in [6, 6.07) is 7.48. The van der Waals surface area contributed by atoms with Crippen molar-refractivity contribution in [2.75, 3.05) is 25.9 Å². The van der Waals surface area contributed by atoms with E-state index in [0.717, 1.165) is 5.56 Å². The van der Waals surface area contributed by atoms with Gasteiger partial charge in [-0.1, -0.05) is 30.7 Å². The van der Waals surface area contributed by atoms with E-state index in [2.05, 4.69) is 0 Å². The van der Waals surface area contributed by atoms with E-state index in [9.17, 15) is 4.57 Å². The third kappa shape index (κ3) is 6.54. The quantitative estimate of drug-likeness (QED) is 0.475. The SMILES string of the molecule is CCOC(CC(CN)c1ccc(Cl)cc1)(OCC)O[PH](=O)CC. The van der Waals surface area contributed by atoms with Crippen molar-refractivity contribution in [2.45, 2.75) is 39.1 Å². The first-order valence-electron chi connectivity index (χ1n) is 7.95. The molecule has 0 fully saturated rings. The summed E-state index contributed by atoms with van der Waals surface area (Å²) in [5.74, 6) is -1.39. The van der Waals surface area contributed by atoms with Crippen LogP contribution in [0.15, 0.2) is 24.3 Å². The van der Waals surface area contributed by atoms with E-state index in [1.807, 2.05) is 45.0 Å². The second kappa shape index (κ2) is 10.4. The Kier molecular flexibility index (Phi) is 9.37. The van der Waals surface area contributed by atoms with Gasteiger partial charge >= 0.3 is 0 Å². The minimum Gasteiger partial charge on any atom is -0.330 e. The van der Waals surface area contributed by atoms with Crippen molar-refractivity contribution < 1.29 is 18.6 Å². The molecule has 0 aromatic heterocycles. The Hall–Kier alpha value is -0.420. The molecule has 2 N–H and O–H groups in total. The highest BCUT2D eigenvalue weighted by Gasteiger charge is 2.38. The molecule has 0 radical (unpaired) electrons. The zero-order chi connectivity index (χ0) is 17.3. The highest BCUT2D eigenvalue weighted by atomic mass is 35.5. The van der Waals surface area contributed by atoms with Crippen molar-refractivity contribution in [3.8, 4) is 0 Å². The molecule has 1 rings (SSSR count). The number of ether oxygens (including phenoxy) is 2. The van der Waals surface area contributed by atoms with Crippen LogP contribution < -0.4 is 5.73 Å². The van der Waals surface area contributed by atoms with Crippen LogP contribution in [0.2, 0.25) is 5.02 Å². The van der Waals surface area contributed by atoms with Crippen LogP contribution in [-0.2, 0) is 18.6 Å². The Bertz CT molecular complexity index is 477. The van der Waals surface area contributed by atoms with Crippen molar-refractivity contribution >= 4 is 19.6 Å². The van der Waals surface area contributed by atoms with Gasteiger partial charge in [-0.25, -0.2) is 0 Å². The number of rotatable bonds is 11. The molecule has 5 nitrogen and oxygen atoms in total. The predicted octanol–water partition coefficient (Wildman–Crippen LogP) is 4.01. The number of nitrogens with two attached hydrogens (primary N) is 1. The molecule has 0 aliphatic rings. The summed E-state index contributed by atoms with van der Waals surface area (Å²) in [7, 11) is -2.23. The third-order valence-corrected chi connectivity index (χ3v) is 4.78. The molecule has 0 bridgehead atoms. The molecule has 7 heteroatoms. The van der Waals surface area contributed by atoms with Crippen molar-refractivity contribution in [2.24, 2.45) is 5.73 Å². The zero-order valence-corrected chi connectivity index (χ0v) is 15.8. The van der Waals surface area contributed by atoms with Gasteiger partial charge in [-0.2, -0.15) is 0 Å². The van der Waals surface area contributed by atoms with Gasteiger partial charge in [-0.05, 0) is 38.1 Å². The Labute approximate surface area is 144 Å². The van der Waals surface area contributed by atoms with Crippen molar-refractivity contribution in [3.05, 3.63) is 34.9 Å². The standard InChI is InChI=1S/C16H27ClNO4P/c1-4-20-16(21-5-2,22-23(19)6-3)11-14(12-18)13-7-9-15(17)10-8-13/h7-10,14,23H,4-6,11-12,18H2,1-3H3. The average Bonchev–Trinajstić information content (AvgIpc) is 2.54. The molecule has 0 aliphatic heterocycles. The second-order valence-electron chi connectivity index (χ2n) is 5.06. The molecule has 132 valence electrons. The fraction of sp³-hybridized carbons (Fsp3) is 0.625.